The van der Waals surface area contributed by atoms with Crippen LogP contribution in [0.15, 0.2) is 30.3 Å². The van der Waals surface area contributed by atoms with E-state index in [1.807, 2.05) is 19.1 Å². The zero-order valence-electron chi connectivity index (χ0n) is 9.71. The van der Waals surface area contributed by atoms with Crippen molar-refractivity contribution in [3.63, 3.8) is 0 Å². The maximum absolute atomic E-state index is 13.4. The van der Waals surface area contributed by atoms with Crippen LogP contribution in [-0.2, 0) is 6.54 Å². The van der Waals surface area contributed by atoms with E-state index in [0.29, 0.717) is 12.1 Å². The lowest BCUT2D eigenvalue weighted by molar-refractivity contribution is 0.537. The van der Waals surface area contributed by atoms with Crippen LogP contribution in [0.1, 0.15) is 23.4 Å². The van der Waals surface area contributed by atoms with Crippen LogP contribution < -0.4 is 5.32 Å². The summed E-state index contributed by atoms with van der Waals surface area (Å²) in [6.45, 7) is 2.33. The summed E-state index contributed by atoms with van der Waals surface area (Å²) < 4.78 is 26.9. The van der Waals surface area contributed by atoms with E-state index in [1.54, 1.807) is 0 Å². The second-order valence-corrected chi connectivity index (χ2v) is 5.73. The van der Waals surface area contributed by atoms with Gasteiger partial charge in [-0.05, 0) is 25.1 Å². The van der Waals surface area contributed by atoms with Crippen LogP contribution in [0.3, 0.4) is 0 Å². The van der Waals surface area contributed by atoms with Crippen LogP contribution in [0.2, 0.25) is 4.34 Å². The molecule has 2 aromatic rings. The first-order chi connectivity index (χ1) is 8.56. The highest BCUT2D eigenvalue weighted by atomic mass is 35.5. The van der Waals surface area contributed by atoms with Gasteiger partial charge in [-0.1, -0.05) is 17.7 Å². The highest BCUT2D eigenvalue weighted by molar-refractivity contribution is 7.16. The van der Waals surface area contributed by atoms with Gasteiger partial charge in [0, 0.05) is 29.1 Å². The molecule has 18 heavy (non-hydrogen) atoms. The van der Waals surface area contributed by atoms with Gasteiger partial charge in [0.25, 0.3) is 0 Å². The van der Waals surface area contributed by atoms with Crippen molar-refractivity contribution < 1.29 is 8.78 Å². The Morgan fingerprint density at radius 3 is 2.67 bits per heavy atom. The zero-order chi connectivity index (χ0) is 13.1. The number of nitrogens with one attached hydrogen (secondary N) is 1. The van der Waals surface area contributed by atoms with E-state index in [1.165, 1.54) is 23.5 Å². The Labute approximate surface area is 113 Å². The maximum Gasteiger partial charge on any atom is 0.130 e. The molecule has 0 aliphatic heterocycles. The van der Waals surface area contributed by atoms with Gasteiger partial charge in [0.2, 0.25) is 0 Å². The van der Waals surface area contributed by atoms with E-state index in [-0.39, 0.29) is 6.04 Å². The average Bonchev–Trinajstić information content (AvgIpc) is 2.74. The summed E-state index contributed by atoms with van der Waals surface area (Å²) >= 11 is 7.34. The van der Waals surface area contributed by atoms with Crippen molar-refractivity contribution in [2.24, 2.45) is 0 Å². The lowest BCUT2D eigenvalue weighted by Crippen LogP contribution is -2.17. The molecule has 1 unspecified atom stereocenters. The van der Waals surface area contributed by atoms with Crippen molar-refractivity contribution in [2.45, 2.75) is 19.5 Å². The summed E-state index contributed by atoms with van der Waals surface area (Å²) in [5.41, 5.74) is 0.450. The molecule has 0 fully saturated rings. The minimum Gasteiger partial charge on any atom is -0.305 e. The SMILES string of the molecule is CC(NCc1ccc(F)cc1F)c1ccc(Cl)s1. The van der Waals surface area contributed by atoms with Gasteiger partial charge in [0.1, 0.15) is 11.6 Å². The number of benzene rings is 1. The molecule has 1 heterocycles. The molecule has 1 aromatic heterocycles. The smallest absolute Gasteiger partial charge is 0.130 e. The Morgan fingerprint density at radius 2 is 2.06 bits per heavy atom. The Hall–Kier alpha value is -0.970. The molecular weight excluding hydrogens is 276 g/mol. The van der Waals surface area contributed by atoms with Crippen LogP contribution >= 0.6 is 22.9 Å². The van der Waals surface area contributed by atoms with Gasteiger partial charge in [-0.15, -0.1) is 11.3 Å². The largest absolute Gasteiger partial charge is 0.305 e. The lowest BCUT2D eigenvalue weighted by atomic mass is 10.2. The first kappa shape index (κ1) is 13.5. The van der Waals surface area contributed by atoms with E-state index in [2.05, 4.69) is 5.32 Å². The quantitative estimate of drug-likeness (QED) is 0.871. The lowest BCUT2D eigenvalue weighted by Gasteiger charge is -2.12. The van der Waals surface area contributed by atoms with Crippen molar-refractivity contribution >= 4 is 22.9 Å². The summed E-state index contributed by atoms with van der Waals surface area (Å²) in [6.07, 6.45) is 0. The van der Waals surface area contributed by atoms with Gasteiger partial charge in [-0.25, -0.2) is 8.78 Å². The van der Waals surface area contributed by atoms with Crippen molar-refractivity contribution in [3.8, 4) is 0 Å². The van der Waals surface area contributed by atoms with Gasteiger partial charge in [-0.3, -0.25) is 0 Å². The molecule has 0 spiro atoms. The molecular formula is C13H12ClF2NS. The predicted molar refractivity (Wildman–Crippen MR) is 70.9 cm³/mol. The summed E-state index contributed by atoms with van der Waals surface area (Å²) in [4.78, 5) is 1.09. The molecule has 1 N–H and O–H groups in total. The van der Waals surface area contributed by atoms with Gasteiger partial charge in [-0.2, -0.15) is 0 Å². The van der Waals surface area contributed by atoms with E-state index in [4.69, 9.17) is 11.6 Å². The predicted octanol–water partition coefficient (Wildman–Crippen LogP) is 4.53. The third kappa shape index (κ3) is 3.28. The molecule has 2 rings (SSSR count). The summed E-state index contributed by atoms with van der Waals surface area (Å²) in [5, 5.41) is 3.18. The van der Waals surface area contributed by atoms with E-state index >= 15 is 0 Å². The van der Waals surface area contributed by atoms with Crippen LogP contribution in [-0.4, -0.2) is 0 Å². The van der Waals surface area contributed by atoms with Gasteiger partial charge in [0.05, 0.1) is 4.34 Å². The van der Waals surface area contributed by atoms with Crippen LogP contribution in [0.25, 0.3) is 0 Å². The molecule has 5 heteroatoms. The highest BCUT2D eigenvalue weighted by Gasteiger charge is 2.09. The third-order valence-corrected chi connectivity index (χ3v) is 4.05. The van der Waals surface area contributed by atoms with Gasteiger partial charge < -0.3 is 5.32 Å². The maximum atomic E-state index is 13.4. The Kier molecular flexibility index (Phi) is 4.32. The van der Waals surface area contributed by atoms with E-state index in [0.717, 1.165) is 15.3 Å². The molecule has 1 nitrogen and oxygen atoms in total. The molecule has 96 valence electrons. The number of halogens is 3. The summed E-state index contributed by atoms with van der Waals surface area (Å²) in [7, 11) is 0. The number of hydrogen-bond acceptors (Lipinski definition) is 2. The number of rotatable bonds is 4. The van der Waals surface area contributed by atoms with Gasteiger partial charge in [0.15, 0.2) is 0 Å². The van der Waals surface area contributed by atoms with E-state index < -0.39 is 11.6 Å². The topological polar surface area (TPSA) is 12.0 Å². The molecule has 0 saturated heterocycles. The molecule has 1 atom stereocenters. The Bertz CT molecular complexity index is 542. The monoisotopic (exact) mass is 287 g/mol. The molecule has 0 radical (unpaired) electrons. The average molecular weight is 288 g/mol. The van der Waals surface area contributed by atoms with Crippen molar-refractivity contribution in [1.82, 2.24) is 5.32 Å². The summed E-state index contributed by atoms with van der Waals surface area (Å²) in [6, 6.07) is 7.44. The van der Waals surface area contributed by atoms with Crippen molar-refractivity contribution in [2.75, 3.05) is 0 Å². The molecule has 0 saturated carbocycles. The molecule has 0 aliphatic carbocycles. The normalized spacial score (nSPS) is 12.7. The fourth-order valence-corrected chi connectivity index (χ4v) is 2.68. The third-order valence-electron chi connectivity index (χ3n) is 2.63. The van der Waals surface area contributed by atoms with Crippen LogP contribution in [0.5, 0.6) is 0 Å². The Balaban J connectivity index is 1.99. The Morgan fingerprint density at radius 1 is 1.28 bits per heavy atom. The fraction of sp³-hybridized carbons (Fsp3) is 0.231. The standard InChI is InChI=1S/C13H12ClF2NS/c1-8(12-4-5-13(14)18-12)17-7-9-2-3-10(15)6-11(9)16/h2-6,8,17H,7H2,1H3. The van der Waals surface area contributed by atoms with Crippen molar-refractivity contribution in [3.05, 3.63) is 56.7 Å². The zero-order valence-corrected chi connectivity index (χ0v) is 11.3. The molecule has 0 amide bonds. The second-order valence-electron chi connectivity index (χ2n) is 3.98. The minimum absolute atomic E-state index is 0.0759. The van der Waals surface area contributed by atoms with Gasteiger partial charge >= 0.3 is 0 Å². The number of hydrogen-bond donors (Lipinski definition) is 1. The van der Waals surface area contributed by atoms with Crippen molar-refractivity contribution in [1.29, 1.82) is 0 Å². The molecule has 1 aromatic carbocycles. The van der Waals surface area contributed by atoms with E-state index in [9.17, 15) is 8.78 Å². The fourth-order valence-electron chi connectivity index (χ4n) is 1.59. The minimum atomic E-state index is -0.561. The summed E-state index contributed by atoms with van der Waals surface area (Å²) in [5.74, 6) is -1.09. The number of thiophene rings is 1. The first-order valence-electron chi connectivity index (χ1n) is 5.49. The second kappa shape index (κ2) is 5.78. The van der Waals surface area contributed by atoms with Crippen LogP contribution in [0.4, 0.5) is 8.78 Å². The molecule has 0 aliphatic rings. The highest BCUT2D eigenvalue weighted by Crippen LogP contribution is 2.26. The van der Waals surface area contributed by atoms with Crippen LogP contribution in [0, 0.1) is 11.6 Å². The first-order valence-corrected chi connectivity index (χ1v) is 6.68. The molecule has 0 bridgehead atoms.